The standard InChI is InChI=1S/C37H37N7O/c1-5-42(6-2)28-21-19-27(20-22-28)38-35-37-40-36-33(25(4)41-44(36)29-13-9-8-10-14-29)34(26-17-23-30(24-18-26)45-7-3)43(37)32-16-12-11-15-31(32)39-35/h8-24,34H,5-7H2,1-4H3,(H,38,39)/t34-/m0/s1. The van der Waals surface area contributed by atoms with E-state index in [0.29, 0.717) is 12.4 Å². The van der Waals surface area contributed by atoms with Gasteiger partial charge in [-0.05, 0) is 93.9 Å². The average Bonchev–Trinajstić information content (AvgIpc) is 3.42. The van der Waals surface area contributed by atoms with Gasteiger partial charge in [0.15, 0.2) is 17.5 Å². The minimum atomic E-state index is -0.195. The third-order valence-corrected chi connectivity index (χ3v) is 8.40. The first-order chi connectivity index (χ1) is 22.1. The Labute approximate surface area is 264 Å². The van der Waals surface area contributed by atoms with Crippen LogP contribution >= 0.6 is 0 Å². The van der Waals surface area contributed by atoms with Gasteiger partial charge in [0, 0.05) is 30.0 Å². The molecule has 5 aromatic rings. The van der Waals surface area contributed by atoms with Gasteiger partial charge in [-0.2, -0.15) is 5.10 Å². The van der Waals surface area contributed by atoms with Gasteiger partial charge in [0.25, 0.3) is 0 Å². The summed E-state index contributed by atoms with van der Waals surface area (Å²) in [6, 6.07) is 35.2. The summed E-state index contributed by atoms with van der Waals surface area (Å²) in [5.41, 5.74) is 8.08. The van der Waals surface area contributed by atoms with Gasteiger partial charge in [-0.1, -0.05) is 42.5 Å². The lowest BCUT2D eigenvalue weighted by atomic mass is 9.93. The molecule has 45 heavy (non-hydrogen) atoms. The molecule has 8 heteroatoms. The Morgan fingerprint density at radius 1 is 0.800 bits per heavy atom. The summed E-state index contributed by atoms with van der Waals surface area (Å²) in [4.78, 5) is 15.1. The van der Waals surface area contributed by atoms with Crippen LogP contribution in [0.25, 0.3) is 5.69 Å². The first kappa shape index (κ1) is 28.4. The van der Waals surface area contributed by atoms with E-state index in [1.807, 2.05) is 48.0 Å². The maximum atomic E-state index is 5.80. The lowest BCUT2D eigenvalue weighted by Crippen LogP contribution is -2.46. The van der Waals surface area contributed by atoms with Crippen LogP contribution in [-0.2, 0) is 0 Å². The Morgan fingerprint density at radius 3 is 2.22 bits per heavy atom. The van der Waals surface area contributed by atoms with Crippen LogP contribution in [0.15, 0.2) is 113 Å². The topological polar surface area (TPSA) is 70.3 Å². The molecule has 0 aliphatic carbocycles. The number of anilines is 3. The van der Waals surface area contributed by atoms with Gasteiger partial charge in [-0.15, -0.1) is 0 Å². The molecule has 0 bridgehead atoms. The lowest BCUT2D eigenvalue weighted by molar-refractivity contribution is 0.340. The van der Waals surface area contributed by atoms with Gasteiger partial charge in [-0.25, -0.2) is 14.7 Å². The van der Waals surface area contributed by atoms with Crippen molar-refractivity contribution < 1.29 is 4.74 Å². The molecule has 1 aromatic heterocycles. The zero-order valence-electron chi connectivity index (χ0n) is 26.1. The second-order valence-corrected chi connectivity index (χ2v) is 11.1. The smallest absolute Gasteiger partial charge is 0.179 e. The highest BCUT2D eigenvalue weighted by atomic mass is 16.5. The van der Waals surface area contributed by atoms with Crippen molar-refractivity contribution in [3.8, 4) is 11.4 Å². The van der Waals surface area contributed by atoms with E-state index in [4.69, 9.17) is 19.8 Å². The third-order valence-electron chi connectivity index (χ3n) is 8.40. The molecule has 0 amide bonds. The molecule has 0 fully saturated rings. The molecule has 0 unspecified atom stereocenters. The number of amidine groups is 2. The summed E-state index contributed by atoms with van der Waals surface area (Å²) in [7, 11) is 0. The number of benzene rings is 4. The molecule has 4 aromatic carbocycles. The molecule has 1 atom stereocenters. The van der Waals surface area contributed by atoms with Gasteiger partial charge >= 0.3 is 0 Å². The molecule has 0 saturated heterocycles. The van der Waals surface area contributed by atoms with Crippen molar-refractivity contribution in [3.05, 3.63) is 120 Å². The van der Waals surface area contributed by atoms with Gasteiger partial charge in [0.05, 0.1) is 35.4 Å². The van der Waals surface area contributed by atoms with E-state index in [0.717, 1.165) is 70.1 Å². The highest BCUT2D eigenvalue weighted by Crippen LogP contribution is 2.48. The van der Waals surface area contributed by atoms with Crippen molar-refractivity contribution in [1.82, 2.24) is 9.78 Å². The number of hydrogen-bond acceptors (Lipinski definition) is 7. The van der Waals surface area contributed by atoms with E-state index in [1.165, 1.54) is 5.69 Å². The van der Waals surface area contributed by atoms with Crippen molar-refractivity contribution in [1.29, 1.82) is 0 Å². The molecule has 226 valence electrons. The second-order valence-electron chi connectivity index (χ2n) is 11.1. The number of fused-ring (bicyclic) bond motifs is 4. The number of rotatable bonds is 8. The lowest BCUT2D eigenvalue weighted by Gasteiger charge is -2.40. The molecule has 2 aliphatic heterocycles. The zero-order chi connectivity index (χ0) is 30.9. The van der Waals surface area contributed by atoms with Crippen molar-refractivity contribution in [2.24, 2.45) is 9.98 Å². The summed E-state index contributed by atoms with van der Waals surface area (Å²) >= 11 is 0. The number of nitrogens with zero attached hydrogens (tertiary/aromatic N) is 6. The summed E-state index contributed by atoms with van der Waals surface area (Å²) in [6.45, 7) is 11.0. The maximum Gasteiger partial charge on any atom is 0.179 e. The van der Waals surface area contributed by atoms with Crippen LogP contribution in [0.1, 0.15) is 43.6 Å². The van der Waals surface area contributed by atoms with Gasteiger partial charge in [0.2, 0.25) is 0 Å². The number of aryl methyl sites for hydroxylation is 1. The van der Waals surface area contributed by atoms with Crippen molar-refractivity contribution in [2.45, 2.75) is 33.7 Å². The summed E-state index contributed by atoms with van der Waals surface area (Å²) in [6.07, 6.45) is 0. The predicted molar refractivity (Wildman–Crippen MR) is 184 cm³/mol. The van der Waals surface area contributed by atoms with Crippen LogP contribution in [-0.4, -0.2) is 41.1 Å². The Hall–Kier alpha value is -5.37. The van der Waals surface area contributed by atoms with Crippen LogP contribution in [0.3, 0.4) is 0 Å². The highest BCUT2D eigenvalue weighted by Gasteiger charge is 2.41. The molecule has 0 spiro atoms. The third kappa shape index (κ3) is 5.12. The molecule has 3 heterocycles. The normalized spacial score (nSPS) is 14.9. The fourth-order valence-corrected chi connectivity index (χ4v) is 6.26. The fraction of sp³-hybridized carbons (Fsp3) is 0.216. The molecule has 0 radical (unpaired) electrons. The Balaban J connectivity index is 1.40. The fourth-order valence-electron chi connectivity index (χ4n) is 6.26. The van der Waals surface area contributed by atoms with E-state index in [2.05, 4.69) is 103 Å². The van der Waals surface area contributed by atoms with Crippen LogP contribution in [0.2, 0.25) is 0 Å². The highest BCUT2D eigenvalue weighted by molar-refractivity contribution is 6.51. The van der Waals surface area contributed by atoms with Crippen molar-refractivity contribution in [2.75, 3.05) is 34.8 Å². The molecular formula is C37H37N7O. The number of para-hydroxylation sites is 3. The number of hydrogen-bond donors (Lipinski definition) is 1. The molecule has 1 N–H and O–H groups in total. The average molecular weight is 596 g/mol. The number of nitrogens with one attached hydrogen (secondary N) is 1. The summed E-state index contributed by atoms with van der Waals surface area (Å²) < 4.78 is 7.75. The molecule has 0 saturated carbocycles. The van der Waals surface area contributed by atoms with Crippen molar-refractivity contribution in [3.63, 3.8) is 0 Å². The van der Waals surface area contributed by atoms with Gasteiger partial charge < -0.3 is 19.9 Å². The number of ether oxygens (including phenoxy) is 1. The Bertz CT molecular complexity index is 1870. The second kappa shape index (κ2) is 12.0. The van der Waals surface area contributed by atoms with Crippen LogP contribution < -0.4 is 19.9 Å². The largest absolute Gasteiger partial charge is 0.494 e. The number of aromatic nitrogens is 2. The van der Waals surface area contributed by atoms with E-state index >= 15 is 0 Å². The van der Waals surface area contributed by atoms with E-state index < -0.39 is 0 Å². The monoisotopic (exact) mass is 595 g/mol. The SMILES string of the molecule is CCOc1ccc([C@H]2c3c(C)nn(-c4ccccc4)c3N=C3C(Nc4ccc(N(CC)CC)cc4)=Nc4ccccc4N32)cc1. The first-order valence-corrected chi connectivity index (χ1v) is 15.6. The van der Waals surface area contributed by atoms with E-state index in [-0.39, 0.29) is 6.04 Å². The van der Waals surface area contributed by atoms with E-state index in [1.54, 1.807) is 0 Å². The maximum absolute atomic E-state index is 5.80. The van der Waals surface area contributed by atoms with E-state index in [9.17, 15) is 0 Å². The minimum absolute atomic E-state index is 0.195. The van der Waals surface area contributed by atoms with Crippen LogP contribution in [0.4, 0.5) is 28.6 Å². The molecular weight excluding hydrogens is 558 g/mol. The van der Waals surface area contributed by atoms with Crippen LogP contribution in [0, 0.1) is 6.92 Å². The van der Waals surface area contributed by atoms with Crippen LogP contribution in [0.5, 0.6) is 5.75 Å². The molecule has 7 rings (SSSR count). The van der Waals surface area contributed by atoms with Gasteiger partial charge in [-0.3, -0.25) is 0 Å². The first-order valence-electron chi connectivity index (χ1n) is 15.6. The molecule has 2 aliphatic rings. The Morgan fingerprint density at radius 2 is 1.51 bits per heavy atom. The van der Waals surface area contributed by atoms with Crippen molar-refractivity contribution >= 4 is 40.2 Å². The minimum Gasteiger partial charge on any atom is -0.494 e. The van der Waals surface area contributed by atoms with Gasteiger partial charge in [0.1, 0.15) is 5.75 Å². The summed E-state index contributed by atoms with van der Waals surface area (Å²) in [5.74, 6) is 3.07. The predicted octanol–water partition coefficient (Wildman–Crippen LogP) is 8.22. The quantitative estimate of drug-likeness (QED) is 0.196. The Kier molecular flexibility index (Phi) is 7.55. The zero-order valence-corrected chi connectivity index (χ0v) is 26.1. The molecule has 8 nitrogen and oxygen atoms in total. The summed E-state index contributed by atoms with van der Waals surface area (Å²) in [5, 5.41) is 8.67. The number of aliphatic imine (C=N–C) groups is 2.